The molecule has 0 fully saturated rings. The van der Waals surface area contributed by atoms with Crippen LogP contribution in [0.5, 0.6) is 0 Å². The maximum Gasteiger partial charge on any atom is 0.250 e. The molecule has 0 aliphatic rings. The van der Waals surface area contributed by atoms with E-state index in [0.29, 0.717) is 24.2 Å². The average molecular weight is 430 g/mol. The molecule has 5 nitrogen and oxygen atoms in total. The van der Waals surface area contributed by atoms with E-state index in [0.717, 1.165) is 11.1 Å². The molecule has 6 heteroatoms. The maximum absolute atomic E-state index is 12.2. The van der Waals surface area contributed by atoms with Gasteiger partial charge in [-0.25, -0.2) is 0 Å². The number of hydrogen-bond donors (Lipinski definition) is 3. The number of thiocarbonyl (C=S) groups is 1. The average Bonchev–Trinajstić information content (AvgIpc) is 2.78. The molecule has 0 atom stereocenters. The largest absolute Gasteiger partial charge is 0.332 e. The van der Waals surface area contributed by atoms with Crippen LogP contribution in [0.2, 0.25) is 0 Å². The molecule has 0 spiro atoms. The molecular formula is C25H23N3O2S. The van der Waals surface area contributed by atoms with Crippen molar-refractivity contribution in [3.8, 4) is 0 Å². The Morgan fingerprint density at radius 2 is 1.45 bits per heavy atom. The third-order valence-electron chi connectivity index (χ3n) is 4.35. The summed E-state index contributed by atoms with van der Waals surface area (Å²) >= 11 is 5.21. The van der Waals surface area contributed by atoms with Gasteiger partial charge in [0.25, 0.3) is 0 Å². The van der Waals surface area contributed by atoms with Gasteiger partial charge in [-0.05, 0) is 54.0 Å². The standard InChI is InChI=1S/C25H23N3O2S/c29-23(16-14-19-8-3-1-4-9-19)26-21-12-7-13-22(18-21)27-25(31)28-24(30)17-15-20-10-5-2-6-11-20/h1-13,15,17-18H,14,16H2,(H,26,29)(H2,27,28,30,31)/b17-15+. The molecule has 0 aliphatic carbocycles. The number of hydrogen-bond acceptors (Lipinski definition) is 3. The van der Waals surface area contributed by atoms with Crippen molar-refractivity contribution < 1.29 is 9.59 Å². The molecule has 3 aromatic rings. The van der Waals surface area contributed by atoms with Crippen molar-refractivity contribution in [1.29, 1.82) is 0 Å². The Morgan fingerprint density at radius 1 is 0.806 bits per heavy atom. The Hall–Kier alpha value is -3.77. The zero-order chi connectivity index (χ0) is 21.9. The molecule has 3 aromatic carbocycles. The van der Waals surface area contributed by atoms with E-state index in [2.05, 4.69) is 16.0 Å². The van der Waals surface area contributed by atoms with Crippen LogP contribution in [0, 0.1) is 0 Å². The van der Waals surface area contributed by atoms with Gasteiger partial charge in [0.15, 0.2) is 5.11 Å². The summed E-state index contributed by atoms with van der Waals surface area (Å²) in [4.78, 5) is 24.3. The number of anilines is 2. The van der Waals surface area contributed by atoms with Gasteiger partial charge in [0.05, 0.1) is 0 Å². The van der Waals surface area contributed by atoms with E-state index in [1.165, 1.54) is 6.08 Å². The first-order valence-corrected chi connectivity index (χ1v) is 10.3. The second-order valence-electron chi connectivity index (χ2n) is 6.80. The van der Waals surface area contributed by atoms with Gasteiger partial charge in [-0.15, -0.1) is 0 Å². The van der Waals surface area contributed by atoms with Crippen molar-refractivity contribution in [1.82, 2.24) is 5.32 Å². The van der Waals surface area contributed by atoms with E-state index in [-0.39, 0.29) is 16.9 Å². The number of aryl methyl sites for hydroxylation is 1. The smallest absolute Gasteiger partial charge is 0.250 e. The van der Waals surface area contributed by atoms with Crippen molar-refractivity contribution in [3.63, 3.8) is 0 Å². The molecule has 0 heterocycles. The van der Waals surface area contributed by atoms with Crippen LogP contribution in [0.3, 0.4) is 0 Å². The highest BCUT2D eigenvalue weighted by atomic mass is 32.1. The lowest BCUT2D eigenvalue weighted by Crippen LogP contribution is -2.32. The summed E-state index contributed by atoms with van der Waals surface area (Å²) in [6.45, 7) is 0. The van der Waals surface area contributed by atoms with Crippen LogP contribution >= 0.6 is 12.2 Å². The second kappa shape index (κ2) is 11.4. The van der Waals surface area contributed by atoms with Gasteiger partial charge in [-0.1, -0.05) is 66.7 Å². The van der Waals surface area contributed by atoms with E-state index in [1.54, 1.807) is 30.3 Å². The van der Waals surface area contributed by atoms with Crippen LogP contribution in [0.1, 0.15) is 17.5 Å². The SMILES string of the molecule is O=C(/C=C/c1ccccc1)NC(=S)Nc1cccc(NC(=O)CCc2ccccc2)c1. The molecule has 0 saturated carbocycles. The fourth-order valence-electron chi connectivity index (χ4n) is 2.85. The van der Waals surface area contributed by atoms with Crippen LogP contribution in [0.4, 0.5) is 11.4 Å². The quantitative estimate of drug-likeness (QED) is 0.373. The first kappa shape index (κ1) is 21.9. The van der Waals surface area contributed by atoms with Gasteiger partial charge < -0.3 is 10.6 Å². The zero-order valence-electron chi connectivity index (χ0n) is 16.9. The van der Waals surface area contributed by atoms with Crippen LogP contribution < -0.4 is 16.0 Å². The fourth-order valence-corrected chi connectivity index (χ4v) is 3.07. The fraction of sp³-hybridized carbons (Fsp3) is 0.0800. The lowest BCUT2D eigenvalue weighted by atomic mass is 10.1. The summed E-state index contributed by atoms with van der Waals surface area (Å²) in [5.41, 5.74) is 3.36. The zero-order valence-corrected chi connectivity index (χ0v) is 17.7. The number of carbonyl (C=O) groups excluding carboxylic acids is 2. The maximum atomic E-state index is 12.2. The summed E-state index contributed by atoms with van der Waals surface area (Å²) in [6, 6.07) is 26.6. The van der Waals surface area contributed by atoms with Crippen molar-refractivity contribution in [2.45, 2.75) is 12.8 Å². The first-order chi connectivity index (χ1) is 15.1. The molecule has 0 bridgehead atoms. The molecule has 0 saturated heterocycles. The van der Waals surface area contributed by atoms with Crippen molar-refractivity contribution in [2.24, 2.45) is 0 Å². The summed E-state index contributed by atoms with van der Waals surface area (Å²) in [6.07, 6.45) is 4.21. The van der Waals surface area contributed by atoms with E-state index in [9.17, 15) is 9.59 Å². The first-order valence-electron chi connectivity index (χ1n) is 9.87. The number of rotatable bonds is 7. The molecule has 156 valence electrons. The minimum atomic E-state index is -0.327. The Morgan fingerprint density at radius 3 is 2.16 bits per heavy atom. The molecular weight excluding hydrogens is 406 g/mol. The van der Waals surface area contributed by atoms with Crippen LogP contribution in [0.25, 0.3) is 6.08 Å². The molecule has 0 aromatic heterocycles. The normalized spacial score (nSPS) is 10.5. The number of carbonyl (C=O) groups is 2. The predicted molar refractivity (Wildman–Crippen MR) is 130 cm³/mol. The van der Waals surface area contributed by atoms with E-state index in [1.807, 2.05) is 60.7 Å². The van der Waals surface area contributed by atoms with Gasteiger partial charge in [-0.3, -0.25) is 14.9 Å². The summed E-state index contributed by atoms with van der Waals surface area (Å²) in [5.74, 6) is -0.394. The van der Waals surface area contributed by atoms with Gasteiger partial charge in [0, 0.05) is 23.9 Å². The highest BCUT2D eigenvalue weighted by Gasteiger charge is 2.06. The molecule has 0 unspecified atom stereocenters. The Bertz CT molecular complexity index is 1070. The Balaban J connectivity index is 1.47. The third kappa shape index (κ3) is 7.87. The van der Waals surface area contributed by atoms with Crippen molar-refractivity contribution in [2.75, 3.05) is 10.6 Å². The molecule has 3 rings (SSSR count). The van der Waals surface area contributed by atoms with E-state index in [4.69, 9.17) is 12.2 Å². The molecule has 31 heavy (non-hydrogen) atoms. The third-order valence-corrected chi connectivity index (χ3v) is 4.56. The Labute approximate surface area is 187 Å². The topological polar surface area (TPSA) is 70.2 Å². The monoisotopic (exact) mass is 429 g/mol. The lowest BCUT2D eigenvalue weighted by molar-refractivity contribution is -0.116. The van der Waals surface area contributed by atoms with Gasteiger partial charge in [0.1, 0.15) is 0 Å². The van der Waals surface area contributed by atoms with Crippen LogP contribution in [0.15, 0.2) is 91.0 Å². The highest BCUT2D eigenvalue weighted by molar-refractivity contribution is 7.80. The minimum Gasteiger partial charge on any atom is -0.332 e. The number of benzene rings is 3. The summed E-state index contributed by atoms with van der Waals surface area (Å²) < 4.78 is 0. The predicted octanol–water partition coefficient (Wildman–Crippen LogP) is 4.78. The van der Waals surface area contributed by atoms with Gasteiger partial charge >= 0.3 is 0 Å². The minimum absolute atomic E-state index is 0.0667. The molecule has 3 N–H and O–H groups in total. The molecule has 0 aliphatic heterocycles. The molecule has 0 radical (unpaired) electrons. The number of nitrogens with one attached hydrogen (secondary N) is 3. The summed E-state index contributed by atoms with van der Waals surface area (Å²) in [5, 5.41) is 8.62. The lowest BCUT2D eigenvalue weighted by Gasteiger charge is -2.10. The van der Waals surface area contributed by atoms with Crippen molar-refractivity contribution in [3.05, 3.63) is 102 Å². The van der Waals surface area contributed by atoms with Gasteiger partial charge in [0.2, 0.25) is 11.8 Å². The van der Waals surface area contributed by atoms with Crippen molar-refractivity contribution >= 4 is 46.6 Å². The Kier molecular flexibility index (Phi) is 8.08. The van der Waals surface area contributed by atoms with E-state index < -0.39 is 0 Å². The van der Waals surface area contributed by atoms with Gasteiger partial charge in [-0.2, -0.15) is 0 Å². The van der Waals surface area contributed by atoms with Crippen LogP contribution in [-0.4, -0.2) is 16.9 Å². The van der Waals surface area contributed by atoms with Crippen LogP contribution in [-0.2, 0) is 16.0 Å². The summed E-state index contributed by atoms with van der Waals surface area (Å²) in [7, 11) is 0. The molecule has 2 amide bonds. The number of amides is 2. The van der Waals surface area contributed by atoms with E-state index >= 15 is 0 Å². The highest BCUT2D eigenvalue weighted by Crippen LogP contribution is 2.16. The second-order valence-corrected chi connectivity index (χ2v) is 7.21.